The van der Waals surface area contributed by atoms with E-state index in [1.165, 1.54) is 4.90 Å². The molecule has 4 rings (SSSR count). The number of hydrogen-bond donors (Lipinski definition) is 1. The summed E-state index contributed by atoms with van der Waals surface area (Å²) in [5.74, 6) is 0.385. The summed E-state index contributed by atoms with van der Waals surface area (Å²) in [5, 5.41) is 3.16. The molecule has 7 heteroatoms. The van der Waals surface area contributed by atoms with Crippen molar-refractivity contribution in [1.82, 2.24) is 9.88 Å². The highest BCUT2D eigenvalue weighted by atomic mass is 16.5. The van der Waals surface area contributed by atoms with Crippen molar-refractivity contribution in [3.63, 3.8) is 0 Å². The summed E-state index contributed by atoms with van der Waals surface area (Å²) < 4.78 is 10.7. The Balaban J connectivity index is 1.79. The Morgan fingerprint density at radius 2 is 1.52 bits per heavy atom. The molecule has 0 unspecified atom stereocenters. The van der Waals surface area contributed by atoms with E-state index in [1.807, 2.05) is 32.0 Å². The maximum atomic E-state index is 13.5. The van der Waals surface area contributed by atoms with Crippen molar-refractivity contribution >= 4 is 23.1 Å². The van der Waals surface area contributed by atoms with Crippen molar-refractivity contribution in [2.75, 3.05) is 19.5 Å². The van der Waals surface area contributed by atoms with Crippen molar-refractivity contribution in [2.24, 2.45) is 0 Å². The Morgan fingerprint density at radius 1 is 0.848 bits per heavy atom. The summed E-state index contributed by atoms with van der Waals surface area (Å²) in [6, 6.07) is 14.6. The number of benzene rings is 2. The third-order valence-electron chi connectivity index (χ3n) is 5.67. The van der Waals surface area contributed by atoms with Gasteiger partial charge in [0, 0.05) is 36.3 Å². The first kappa shape index (κ1) is 22.1. The summed E-state index contributed by atoms with van der Waals surface area (Å²) in [5.41, 5.74) is 4.77. The molecule has 0 saturated carbocycles. The molecule has 0 bridgehead atoms. The topological polar surface area (TPSA) is 80.8 Å². The van der Waals surface area contributed by atoms with Crippen molar-refractivity contribution in [3.8, 4) is 11.5 Å². The normalized spacial score (nSPS) is 13.5. The Kier molecular flexibility index (Phi) is 6.13. The number of pyridine rings is 1. The molecule has 0 spiro atoms. The highest BCUT2D eigenvalue weighted by Gasteiger charge is 2.39. The fourth-order valence-corrected chi connectivity index (χ4v) is 3.70. The summed E-state index contributed by atoms with van der Waals surface area (Å²) in [7, 11) is 3.11. The highest BCUT2D eigenvalue weighted by molar-refractivity contribution is 6.36. The van der Waals surface area contributed by atoms with Gasteiger partial charge in [0.2, 0.25) is 0 Å². The van der Waals surface area contributed by atoms with Crippen LogP contribution in [-0.4, -0.2) is 35.9 Å². The van der Waals surface area contributed by atoms with Gasteiger partial charge in [0.25, 0.3) is 11.8 Å². The average molecular weight is 444 g/mol. The second-order valence-electron chi connectivity index (χ2n) is 7.83. The van der Waals surface area contributed by atoms with Crippen LogP contribution in [0.25, 0.3) is 5.57 Å². The number of carbonyl (C=O) groups is 2. The minimum Gasteiger partial charge on any atom is -0.497 e. The number of nitrogens with one attached hydrogen (secondary N) is 1. The molecule has 0 aliphatic carbocycles. The number of carbonyl (C=O) groups excluding carboxylic acids is 2. The zero-order chi connectivity index (χ0) is 23.5. The van der Waals surface area contributed by atoms with Gasteiger partial charge in [-0.25, -0.2) is 0 Å². The van der Waals surface area contributed by atoms with E-state index in [0.717, 1.165) is 16.7 Å². The Hall–Kier alpha value is -4.13. The molecule has 0 radical (unpaired) electrons. The number of rotatable bonds is 7. The summed E-state index contributed by atoms with van der Waals surface area (Å²) in [6.45, 7) is 4.14. The smallest absolute Gasteiger partial charge is 0.278 e. The monoisotopic (exact) mass is 443 g/mol. The maximum absolute atomic E-state index is 13.5. The Morgan fingerprint density at radius 3 is 2.12 bits per heavy atom. The van der Waals surface area contributed by atoms with Gasteiger partial charge in [-0.15, -0.1) is 0 Å². The van der Waals surface area contributed by atoms with Gasteiger partial charge in [-0.05, 0) is 48.2 Å². The molecular weight excluding hydrogens is 418 g/mol. The molecule has 1 aliphatic rings. The second kappa shape index (κ2) is 9.16. The standard InChI is InChI=1S/C26H25N3O4/c1-16-5-6-19(11-17(16)2)23-24(28-20-12-21(32-3)14-22(13-20)33-4)26(31)29(25(23)30)15-18-7-9-27-10-8-18/h5-14,28H,15H2,1-4H3. The van der Waals surface area contributed by atoms with Gasteiger partial charge in [0.1, 0.15) is 17.2 Å². The van der Waals surface area contributed by atoms with Gasteiger partial charge in [-0.1, -0.05) is 18.2 Å². The first-order chi connectivity index (χ1) is 15.9. The Labute approximate surface area is 192 Å². The number of ether oxygens (including phenoxy) is 2. The van der Waals surface area contributed by atoms with E-state index in [1.54, 1.807) is 56.9 Å². The fourth-order valence-electron chi connectivity index (χ4n) is 3.70. The number of methoxy groups -OCH3 is 2. The predicted molar refractivity (Wildman–Crippen MR) is 126 cm³/mol. The van der Waals surface area contributed by atoms with E-state index in [-0.39, 0.29) is 18.1 Å². The minimum atomic E-state index is -0.396. The van der Waals surface area contributed by atoms with Gasteiger partial charge in [0.05, 0.1) is 26.3 Å². The van der Waals surface area contributed by atoms with E-state index in [0.29, 0.717) is 28.3 Å². The molecule has 1 aliphatic heterocycles. The molecular formula is C26H25N3O4. The fraction of sp³-hybridized carbons (Fsp3) is 0.192. The molecule has 0 fully saturated rings. The van der Waals surface area contributed by atoms with Crippen LogP contribution in [0.15, 0.2) is 66.6 Å². The third-order valence-corrected chi connectivity index (χ3v) is 5.67. The highest BCUT2D eigenvalue weighted by Crippen LogP contribution is 2.34. The minimum absolute atomic E-state index is 0.154. The number of amides is 2. The van der Waals surface area contributed by atoms with Crippen LogP contribution in [-0.2, 0) is 16.1 Å². The molecule has 0 saturated heterocycles. The predicted octanol–water partition coefficient (Wildman–Crippen LogP) is 4.11. The quantitative estimate of drug-likeness (QED) is 0.554. The van der Waals surface area contributed by atoms with Crippen molar-refractivity contribution in [1.29, 1.82) is 0 Å². The molecule has 0 atom stereocenters. The lowest BCUT2D eigenvalue weighted by Crippen LogP contribution is -2.32. The largest absolute Gasteiger partial charge is 0.497 e. The third kappa shape index (κ3) is 4.43. The van der Waals surface area contributed by atoms with Gasteiger partial charge in [0.15, 0.2) is 0 Å². The number of aromatic nitrogens is 1. The molecule has 2 amide bonds. The lowest BCUT2D eigenvalue weighted by Gasteiger charge is -2.15. The van der Waals surface area contributed by atoms with Crippen LogP contribution < -0.4 is 14.8 Å². The van der Waals surface area contributed by atoms with E-state index < -0.39 is 5.91 Å². The van der Waals surface area contributed by atoms with Crippen LogP contribution in [0.2, 0.25) is 0 Å². The summed E-state index contributed by atoms with van der Waals surface area (Å²) in [4.78, 5) is 32.2. The maximum Gasteiger partial charge on any atom is 0.278 e. The molecule has 1 aromatic heterocycles. The van der Waals surface area contributed by atoms with Gasteiger partial charge >= 0.3 is 0 Å². The van der Waals surface area contributed by atoms with Crippen molar-refractivity contribution in [2.45, 2.75) is 20.4 Å². The van der Waals surface area contributed by atoms with Gasteiger partial charge < -0.3 is 14.8 Å². The molecule has 7 nitrogen and oxygen atoms in total. The van der Waals surface area contributed by atoms with Crippen molar-refractivity contribution in [3.05, 3.63) is 88.9 Å². The first-order valence-corrected chi connectivity index (χ1v) is 10.5. The molecule has 2 aromatic carbocycles. The lowest BCUT2D eigenvalue weighted by molar-refractivity contribution is -0.137. The summed E-state index contributed by atoms with van der Waals surface area (Å²) in [6.07, 6.45) is 3.28. The average Bonchev–Trinajstić information content (AvgIpc) is 3.05. The molecule has 1 N–H and O–H groups in total. The first-order valence-electron chi connectivity index (χ1n) is 10.5. The number of imide groups is 1. The number of anilines is 1. The van der Waals surface area contributed by atoms with Gasteiger partial charge in [-0.2, -0.15) is 0 Å². The van der Waals surface area contributed by atoms with Crippen LogP contribution in [0.4, 0.5) is 5.69 Å². The SMILES string of the molecule is COc1cc(NC2=C(c3ccc(C)c(C)c3)C(=O)N(Cc3ccncc3)C2=O)cc(OC)c1. The van der Waals surface area contributed by atoms with Crippen LogP contribution in [0, 0.1) is 13.8 Å². The second-order valence-corrected chi connectivity index (χ2v) is 7.83. The van der Waals surface area contributed by atoms with Crippen LogP contribution in [0.3, 0.4) is 0 Å². The van der Waals surface area contributed by atoms with E-state index in [9.17, 15) is 9.59 Å². The van der Waals surface area contributed by atoms with Crippen LogP contribution >= 0.6 is 0 Å². The van der Waals surface area contributed by atoms with E-state index in [4.69, 9.17) is 9.47 Å². The lowest BCUT2D eigenvalue weighted by atomic mass is 9.99. The van der Waals surface area contributed by atoms with Crippen LogP contribution in [0.5, 0.6) is 11.5 Å². The number of hydrogen-bond acceptors (Lipinski definition) is 6. The van der Waals surface area contributed by atoms with E-state index >= 15 is 0 Å². The Bertz CT molecular complexity index is 1230. The molecule has 2 heterocycles. The van der Waals surface area contributed by atoms with Gasteiger partial charge in [-0.3, -0.25) is 19.5 Å². The van der Waals surface area contributed by atoms with E-state index in [2.05, 4.69) is 10.3 Å². The number of aryl methyl sites for hydroxylation is 2. The number of nitrogens with zero attached hydrogens (tertiary/aromatic N) is 2. The molecule has 33 heavy (non-hydrogen) atoms. The molecule has 168 valence electrons. The van der Waals surface area contributed by atoms with Crippen LogP contribution in [0.1, 0.15) is 22.3 Å². The zero-order valence-corrected chi connectivity index (χ0v) is 19.0. The van der Waals surface area contributed by atoms with Crippen molar-refractivity contribution < 1.29 is 19.1 Å². The molecule has 3 aromatic rings. The zero-order valence-electron chi connectivity index (χ0n) is 19.0. The summed E-state index contributed by atoms with van der Waals surface area (Å²) >= 11 is 0.